The van der Waals surface area contributed by atoms with Crippen molar-refractivity contribution in [3.63, 3.8) is 0 Å². The molecule has 10 heteroatoms. The number of aromatic nitrogens is 1. The molecule has 0 bridgehead atoms. The molecule has 0 saturated heterocycles. The summed E-state index contributed by atoms with van der Waals surface area (Å²) < 4.78 is 51.7. The Morgan fingerprint density at radius 1 is 0.867 bits per heavy atom. The van der Waals surface area contributed by atoms with Gasteiger partial charge < -0.3 is 0 Å². The number of nitrogens with one attached hydrogen (secondary N) is 1. The number of para-hydroxylation sites is 1. The summed E-state index contributed by atoms with van der Waals surface area (Å²) in [4.78, 5) is 4.15. The molecule has 3 aromatic carbocycles. The number of nitrogens with two attached hydrogens (primary N) is 1. The fourth-order valence-electron chi connectivity index (χ4n) is 2.89. The van der Waals surface area contributed by atoms with Gasteiger partial charge in [-0.05, 0) is 48.0 Å². The molecule has 4 rings (SSSR count). The topological polar surface area (TPSA) is 119 Å². The van der Waals surface area contributed by atoms with Crippen LogP contribution in [0, 0.1) is 0 Å². The van der Waals surface area contributed by atoms with Gasteiger partial charge in [-0.1, -0.05) is 30.3 Å². The van der Waals surface area contributed by atoms with Crippen LogP contribution in [0.5, 0.6) is 0 Å². The minimum absolute atomic E-state index is 0.187. The van der Waals surface area contributed by atoms with E-state index in [2.05, 4.69) is 9.71 Å². The highest BCUT2D eigenvalue weighted by atomic mass is 32.2. The van der Waals surface area contributed by atoms with Crippen LogP contribution in [0.4, 0.5) is 5.69 Å². The summed E-state index contributed by atoms with van der Waals surface area (Å²) >= 11 is 1.62. The number of nitrogens with zero attached hydrogens (tertiary/aromatic N) is 1. The van der Waals surface area contributed by atoms with Crippen LogP contribution in [0.1, 0.15) is 10.6 Å². The average Bonchev–Trinajstić information content (AvgIpc) is 3.11. The lowest BCUT2D eigenvalue weighted by Gasteiger charge is -2.09. The Morgan fingerprint density at radius 2 is 1.57 bits per heavy atom. The fraction of sp³-hybridized carbons (Fsp3) is 0.0500. The van der Waals surface area contributed by atoms with Crippen molar-refractivity contribution in [2.75, 3.05) is 4.72 Å². The summed E-state index contributed by atoms with van der Waals surface area (Å²) in [5, 5.41) is 6.06. The van der Waals surface area contributed by atoms with E-state index in [-0.39, 0.29) is 9.79 Å². The number of primary sulfonamides is 1. The number of thiazole rings is 1. The third kappa shape index (κ3) is 4.51. The van der Waals surface area contributed by atoms with Crippen molar-refractivity contribution in [2.24, 2.45) is 5.14 Å². The summed E-state index contributed by atoms with van der Waals surface area (Å²) in [7, 11) is -7.97. The molecular formula is C20H17N3O4S3. The Hall–Kier alpha value is -2.79. The van der Waals surface area contributed by atoms with E-state index in [1.807, 2.05) is 36.4 Å². The molecule has 0 aliphatic heterocycles. The number of anilines is 1. The van der Waals surface area contributed by atoms with Crippen molar-refractivity contribution in [1.82, 2.24) is 4.98 Å². The van der Waals surface area contributed by atoms with Gasteiger partial charge in [-0.3, -0.25) is 4.72 Å². The van der Waals surface area contributed by atoms with Gasteiger partial charge >= 0.3 is 0 Å². The second kappa shape index (κ2) is 7.80. The quantitative estimate of drug-likeness (QED) is 0.458. The first-order valence-electron chi connectivity index (χ1n) is 8.80. The number of hydrogen-bond acceptors (Lipinski definition) is 6. The highest BCUT2D eigenvalue weighted by molar-refractivity contribution is 7.93. The van der Waals surface area contributed by atoms with Gasteiger partial charge in [0, 0.05) is 12.1 Å². The Morgan fingerprint density at radius 3 is 2.27 bits per heavy atom. The maximum atomic E-state index is 12.6. The van der Waals surface area contributed by atoms with E-state index >= 15 is 0 Å². The SMILES string of the molecule is NS(=O)(=O)c1cccc(S(=O)(=O)Nc2ccc(Cc3nc4ccccc4s3)cc2)c1. The third-order valence-electron chi connectivity index (χ3n) is 4.34. The Labute approximate surface area is 178 Å². The summed E-state index contributed by atoms with van der Waals surface area (Å²) in [6.07, 6.45) is 0.642. The van der Waals surface area contributed by atoms with Crippen LogP contribution in [0.25, 0.3) is 10.2 Å². The van der Waals surface area contributed by atoms with Crippen LogP contribution in [-0.2, 0) is 26.5 Å². The molecule has 0 saturated carbocycles. The average molecular weight is 460 g/mol. The standard InChI is InChI=1S/C20H17N3O4S3/c21-29(24,25)16-4-3-5-17(13-16)30(26,27)23-15-10-8-14(9-11-15)12-20-22-18-6-1-2-7-19(18)28-20/h1-11,13,23H,12H2,(H2,21,24,25). The molecule has 3 N–H and O–H groups in total. The van der Waals surface area contributed by atoms with Gasteiger partial charge in [0.15, 0.2) is 0 Å². The highest BCUT2D eigenvalue weighted by Crippen LogP contribution is 2.25. The molecule has 0 amide bonds. The minimum Gasteiger partial charge on any atom is -0.280 e. The van der Waals surface area contributed by atoms with Crippen LogP contribution < -0.4 is 9.86 Å². The van der Waals surface area contributed by atoms with Crippen molar-refractivity contribution in [2.45, 2.75) is 16.2 Å². The number of fused-ring (bicyclic) bond motifs is 1. The zero-order valence-corrected chi connectivity index (χ0v) is 18.0. The summed E-state index contributed by atoms with van der Waals surface area (Å²) in [5.41, 5.74) is 2.32. The van der Waals surface area contributed by atoms with E-state index in [1.54, 1.807) is 23.5 Å². The molecule has 0 radical (unpaired) electrons. The van der Waals surface area contributed by atoms with E-state index in [9.17, 15) is 16.8 Å². The molecular weight excluding hydrogens is 442 g/mol. The van der Waals surface area contributed by atoms with Crippen molar-refractivity contribution in [3.05, 3.63) is 83.4 Å². The maximum Gasteiger partial charge on any atom is 0.261 e. The smallest absolute Gasteiger partial charge is 0.261 e. The third-order valence-corrected chi connectivity index (χ3v) is 7.67. The van der Waals surface area contributed by atoms with Crippen LogP contribution in [-0.4, -0.2) is 21.8 Å². The zero-order valence-electron chi connectivity index (χ0n) is 15.5. The van der Waals surface area contributed by atoms with Crippen LogP contribution in [0.3, 0.4) is 0 Å². The summed E-state index contributed by atoms with van der Waals surface area (Å²) in [5.74, 6) is 0. The molecule has 4 aromatic rings. The monoisotopic (exact) mass is 459 g/mol. The summed E-state index contributed by atoms with van der Waals surface area (Å²) in [6.45, 7) is 0. The number of rotatable bonds is 6. The second-order valence-electron chi connectivity index (χ2n) is 6.57. The van der Waals surface area contributed by atoms with Gasteiger partial charge in [0.2, 0.25) is 10.0 Å². The zero-order chi connectivity index (χ0) is 21.4. The van der Waals surface area contributed by atoms with Crippen LogP contribution in [0.2, 0.25) is 0 Å². The minimum atomic E-state index is -4.00. The van der Waals surface area contributed by atoms with Crippen LogP contribution in [0.15, 0.2) is 82.6 Å². The van der Waals surface area contributed by atoms with Gasteiger partial charge in [-0.15, -0.1) is 11.3 Å². The lowest BCUT2D eigenvalue weighted by molar-refractivity contribution is 0.597. The van der Waals surface area contributed by atoms with Crippen molar-refractivity contribution in [3.8, 4) is 0 Å². The number of hydrogen-bond donors (Lipinski definition) is 2. The Kier molecular flexibility index (Phi) is 5.33. The van der Waals surface area contributed by atoms with E-state index in [1.165, 1.54) is 18.2 Å². The first-order valence-corrected chi connectivity index (χ1v) is 12.6. The second-order valence-corrected chi connectivity index (χ2v) is 10.9. The summed E-state index contributed by atoms with van der Waals surface area (Å²) in [6, 6.07) is 19.8. The lowest BCUT2D eigenvalue weighted by atomic mass is 10.1. The molecule has 0 spiro atoms. The predicted molar refractivity (Wildman–Crippen MR) is 117 cm³/mol. The van der Waals surface area contributed by atoms with E-state index in [0.717, 1.165) is 26.9 Å². The molecule has 1 aromatic heterocycles. The number of benzene rings is 3. The Bertz CT molecular complexity index is 1390. The van der Waals surface area contributed by atoms with Gasteiger partial charge in [-0.2, -0.15) is 0 Å². The molecule has 0 unspecified atom stereocenters. The maximum absolute atomic E-state index is 12.6. The van der Waals surface area contributed by atoms with Gasteiger partial charge in [-0.25, -0.2) is 27.0 Å². The molecule has 7 nitrogen and oxygen atoms in total. The predicted octanol–water partition coefficient (Wildman–Crippen LogP) is 3.34. The molecule has 0 atom stereocenters. The van der Waals surface area contributed by atoms with Crippen molar-refractivity contribution < 1.29 is 16.8 Å². The highest BCUT2D eigenvalue weighted by Gasteiger charge is 2.17. The lowest BCUT2D eigenvalue weighted by Crippen LogP contribution is -2.16. The van der Waals surface area contributed by atoms with Crippen molar-refractivity contribution in [1.29, 1.82) is 0 Å². The number of sulfonamides is 2. The Balaban J connectivity index is 1.51. The van der Waals surface area contributed by atoms with Crippen LogP contribution >= 0.6 is 11.3 Å². The molecule has 154 valence electrons. The van der Waals surface area contributed by atoms with Gasteiger partial charge in [0.05, 0.1) is 25.0 Å². The van der Waals surface area contributed by atoms with E-state index in [0.29, 0.717) is 12.1 Å². The normalized spacial score (nSPS) is 12.2. The molecule has 1 heterocycles. The van der Waals surface area contributed by atoms with E-state index < -0.39 is 20.0 Å². The molecule has 0 fully saturated rings. The van der Waals surface area contributed by atoms with Gasteiger partial charge in [0.25, 0.3) is 10.0 Å². The first kappa shape index (κ1) is 20.5. The van der Waals surface area contributed by atoms with Crippen molar-refractivity contribution >= 4 is 47.3 Å². The molecule has 0 aliphatic carbocycles. The largest absolute Gasteiger partial charge is 0.280 e. The first-order chi connectivity index (χ1) is 14.2. The fourth-order valence-corrected chi connectivity index (χ4v) is 5.63. The van der Waals surface area contributed by atoms with Gasteiger partial charge in [0.1, 0.15) is 0 Å². The van der Waals surface area contributed by atoms with E-state index in [4.69, 9.17) is 5.14 Å². The molecule has 0 aliphatic rings. The molecule has 30 heavy (non-hydrogen) atoms.